The summed E-state index contributed by atoms with van der Waals surface area (Å²) >= 11 is -1.62. The Morgan fingerprint density at radius 1 is 1.20 bits per heavy atom. The first-order valence-corrected chi connectivity index (χ1v) is 1.37. The van der Waals surface area contributed by atoms with Crippen LogP contribution in [0.1, 0.15) is 1.43 Å². The van der Waals surface area contributed by atoms with Crippen molar-refractivity contribution in [2.45, 2.75) is 0 Å². The van der Waals surface area contributed by atoms with Crippen LogP contribution in [0.15, 0.2) is 0 Å². The fourth-order valence-corrected chi connectivity index (χ4v) is 0. The third-order valence-corrected chi connectivity index (χ3v) is 0. The van der Waals surface area contributed by atoms with Crippen molar-refractivity contribution >= 4 is 0 Å². The molecule has 0 radical (unpaired) electrons. The van der Waals surface area contributed by atoms with Crippen molar-refractivity contribution in [1.29, 1.82) is 0 Å². The van der Waals surface area contributed by atoms with Gasteiger partial charge in [-0.3, -0.25) is 0 Å². The Morgan fingerprint density at radius 3 is 1.20 bits per heavy atom. The summed E-state index contributed by atoms with van der Waals surface area (Å²) in [4.78, 5) is 0. The van der Waals surface area contributed by atoms with Crippen LogP contribution < -0.4 is 24.8 Å². The number of hydrogen-bond acceptors (Lipinski definition) is 2. The molecular formula is HCl2CrO2+. The zero-order chi connectivity index (χ0) is 2.71. The molecule has 5 heavy (non-hydrogen) atoms. The van der Waals surface area contributed by atoms with Gasteiger partial charge in [-0.05, 0) is 0 Å². The predicted molar refractivity (Wildman–Crippen MR) is 2.49 cm³/mol. The van der Waals surface area contributed by atoms with Gasteiger partial charge in [-0.25, -0.2) is 0 Å². The van der Waals surface area contributed by atoms with Crippen molar-refractivity contribution < 1.29 is 48.9 Å². The van der Waals surface area contributed by atoms with E-state index in [0.717, 1.165) is 0 Å². The monoisotopic (exact) mass is 155 g/mol. The number of halogens is 2. The SMILES string of the molecule is [Cl-].[Cl-].[H+].[O]=[Cr+2]=[O]. The maximum absolute atomic E-state index is 8.44. The summed E-state index contributed by atoms with van der Waals surface area (Å²) < 4.78 is 16.9. The zero-order valence-corrected chi connectivity index (χ0v) is 4.77. The van der Waals surface area contributed by atoms with Gasteiger partial charge in [0.1, 0.15) is 0 Å². The van der Waals surface area contributed by atoms with E-state index >= 15 is 0 Å². The first kappa shape index (κ1) is 17.2. The van der Waals surface area contributed by atoms with Gasteiger partial charge in [-0.2, -0.15) is 0 Å². The summed E-state index contributed by atoms with van der Waals surface area (Å²) in [5.74, 6) is 0. The summed E-state index contributed by atoms with van der Waals surface area (Å²) in [6, 6.07) is 0. The molecule has 0 fully saturated rings. The molecule has 0 aliphatic carbocycles. The second-order valence-corrected chi connectivity index (χ2v) is 0.281. The van der Waals surface area contributed by atoms with E-state index < -0.39 is 15.1 Å². The van der Waals surface area contributed by atoms with E-state index in [2.05, 4.69) is 0 Å². The summed E-state index contributed by atoms with van der Waals surface area (Å²) in [6.07, 6.45) is 0. The molecule has 0 aromatic carbocycles. The van der Waals surface area contributed by atoms with Crippen molar-refractivity contribution in [3.8, 4) is 0 Å². The second kappa shape index (κ2) is 22.1. The molecule has 5 heteroatoms. The fourth-order valence-electron chi connectivity index (χ4n) is 0. The normalized spacial score (nSPS) is 1.60. The average molecular weight is 156 g/mol. The molecule has 0 aromatic heterocycles. The molecule has 0 atom stereocenters. The number of rotatable bonds is 0. The fraction of sp³-hybridized carbons (Fsp3) is 0. The van der Waals surface area contributed by atoms with E-state index in [1.807, 2.05) is 0 Å². The van der Waals surface area contributed by atoms with Gasteiger partial charge >= 0.3 is 24.1 Å². The zero-order valence-electron chi connectivity index (χ0n) is 2.98. The third kappa shape index (κ3) is 68.3. The van der Waals surface area contributed by atoms with Gasteiger partial charge in [0.05, 0.1) is 0 Å². The van der Waals surface area contributed by atoms with Crippen molar-refractivity contribution in [1.82, 2.24) is 0 Å². The van der Waals surface area contributed by atoms with Gasteiger partial charge in [-0.15, -0.1) is 0 Å². The Balaban J connectivity index is -0.00000000667. The molecule has 0 aliphatic rings. The topological polar surface area (TPSA) is 34.1 Å². The molecule has 0 aliphatic heterocycles. The van der Waals surface area contributed by atoms with E-state index in [1.54, 1.807) is 0 Å². The van der Waals surface area contributed by atoms with Crippen LogP contribution >= 0.6 is 0 Å². The molecule has 0 aromatic rings. The van der Waals surface area contributed by atoms with Gasteiger partial charge in [-0.1, -0.05) is 0 Å². The standard InChI is InChI=1S/2ClH.Cr.2O/h2*1H;;;/q;;+2;;/p-1. The number of hydrogen-bond donors (Lipinski definition) is 0. The predicted octanol–water partition coefficient (Wildman–Crippen LogP) is -6.12. The molecule has 0 saturated carbocycles. The molecular weight excluding hydrogens is 155 g/mol. The molecule has 32 valence electrons. The van der Waals surface area contributed by atoms with Gasteiger partial charge in [0, 0.05) is 0 Å². The van der Waals surface area contributed by atoms with E-state index in [4.69, 9.17) is 7.61 Å². The Kier molecular flexibility index (Phi) is 76.4. The first-order valence-electron chi connectivity index (χ1n) is 0.333. The Bertz CT molecular complexity index is 32.5. The van der Waals surface area contributed by atoms with Crippen LogP contribution in [0.5, 0.6) is 0 Å². The van der Waals surface area contributed by atoms with Crippen LogP contribution in [0.3, 0.4) is 0 Å². The van der Waals surface area contributed by atoms with Crippen LogP contribution in [0.4, 0.5) is 0 Å². The van der Waals surface area contributed by atoms with Crippen molar-refractivity contribution in [3.63, 3.8) is 0 Å². The Labute approximate surface area is 49.4 Å². The summed E-state index contributed by atoms with van der Waals surface area (Å²) in [5, 5.41) is 0. The molecule has 0 saturated heterocycles. The van der Waals surface area contributed by atoms with Crippen LogP contribution in [0.25, 0.3) is 0 Å². The van der Waals surface area contributed by atoms with Crippen molar-refractivity contribution in [2.75, 3.05) is 0 Å². The van der Waals surface area contributed by atoms with Crippen LogP contribution in [0, 0.1) is 0 Å². The summed E-state index contributed by atoms with van der Waals surface area (Å²) in [7, 11) is 0. The Morgan fingerprint density at radius 2 is 1.20 bits per heavy atom. The van der Waals surface area contributed by atoms with Gasteiger partial charge in [0.2, 0.25) is 0 Å². The van der Waals surface area contributed by atoms with E-state index in [1.165, 1.54) is 0 Å². The molecule has 0 rings (SSSR count). The molecule has 0 N–H and O–H groups in total. The second-order valence-electron chi connectivity index (χ2n) is 0.0680. The third-order valence-electron chi connectivity index (χ3n) is 0. The maximum atomic E-state index is 8.44. The Hall–Kier alpha value is 0.712. The molecule has 0 amide bonds. The van der Waals surface area contributed by atoms with Crippen molar-refractivity contribution in [3.05, 3.63) is 0 Å². The van der Waals surface area contributed by atoms with Crippen LogP contribution in [-0.4, -0.2) is 0 Å². The summed E-state index contributed by atoms with van der Waals surface area (Å²) in [5.41, 5.74) is 0. The van der Waals surface area contributed by atoms with Gasteiger partial charge < -0.3 is 24.8 Å². The van der Waals surface area contributed by atoms with Crippen LogP contribution in [-0.2, 0) is 22.7 Å². The minimum absolute atomic E-state index is 0. The first-order chi connectivity index (χ1) is 1.41. The molecule has 0 unspecified atom stereocenters. The van der Waals surface area contributed by atoms with Gasteiger partial charge in [0.15, 0.2) is 0 Å². The van der Waals surface area contributed by atoms with E-state index in [0.29, 0.717) is 0 Å². The minimum atomic E-state index is -1.62. The molecule has 2 nitrogen and oxygen atoms in total. The van der Waals surface area contributed by atoms with E-state index in [9.17, 15) is 0 Å². The molecule has 0 bridgehead atoms. The summed E-state index contributed by atoms with van der Waals surface area (Å²) in [6.45, 7) is 0. The quantitative estimate of drug-likeness (QED) is 0.349. The van der Waals surface area contributed by atoms with Crippen molar-refractivity contribution in [2.24, 2.45) is 0 Å². The molecule has 0 heterocycles. The van der Waals surface area contributed by atoms with Crippen LogP contribution in [0.2, 0.25) is 0 Å². The van der Waals surface area contributed by atoms with Gasteiger partial charge in [0.25, 0.3) is 0 Å². The van der Waals surface area contributed by atoms with E-state index in [-0.39, 0.29) is 26.2 Å². The molecule has 0 spiro atoms. The average Bonchev–Trinajstić information content (AvgIpc) is 0.918.